The summed E-state index contributed by atoms with van der Waals surface area (Å²) in [6.45, 7) is 0. The Morgan fingerprint density at radius 2 is 2.75 bits per heavy atom. The molecule has 0 aliphatic carbocycles. The van der Waals surface area contributed by atoms with Gasteiger partial charge in [0.05, 0.1) is 20.9 Å². The maximum atomic E-state index is 4.94. The van der Waals surface area contributed by atoms with Crippen LogP contribution in [0.1, 0.15) is 0 Å². The molecule has 0 amide bonds. The second kappa shape index (κ2) is 1.63. The lowest BCUT2D eigenvalue weighted by Crippen LogP contribution is -1.83. The minimum Gasteiger partial charge on any atom is -0.319 e. The summed E-state index contributed by atoms with van der Waals surface area (Å²) >= 11 is 0. The topological polar surface area (TPSA) is 21.6 Å². The van der Waals surface area contributed by atoms with Gasteiger partial charge in [-0.2, -0.15) is 0 Å². The van der Waals surface area contributed by atoms with E-state index in [1.165, 1.54) is 4.86 Å². The van der Waals surface area contributed by atoms with E-state index in [-0.39, 0.29) is 9.80 Å². The molecule has 0 aromatic heterocycles. The van der Waals surface area contributed by atoms with Crippen LogP contribution in [0.3, 0.4) is 0 Å². The van der Waals surface area contributed by atoms with Crippen molar-refractivity contribution in [2.45, 2.75) is 0 Å². The zero-order valence-corrected chi connectivity index (χ0v) is 5.54. The first-order valence-corrected chi connectivity index (χ1v) is 4.67. The van der Waals surface area contributed by atoms with Crippen molar-refractivity contribution in [3.63, 3.8) is 0 Å². The van der Waals surface area contributed by atoms with Crippen LogP contribution in [0, 0.1) is 0 Å². The van der Waals surface area contributed by atoms with Gasteiger partial charge in [0.2, 0.25) is 0 Å². The van der Waals surface area contributed by atoms with Gasteiger partial charge in [-0.05, 0) is 22.3 Å². The number of oxime groups is 1. The summed E-state index contributed by atoms with van der Waals surface area (Å²) in [5.41, 5.74) is 0. The number of hydrogen-bond acceptors (Lipinski definition) is 3. The van der Waals surface area contributed by atoms with Crippen LogP contribution in [0.2, 0.25) is 0 Å². The van der Waals surface area contributed by atoms with Crippen LogP contribution in [0.15, 0.2) is 16.6 Å². The average molecular weight is 145 g/mol. The third kappa shape index (κ3) is 0.530. The number of rotatable bonds is 0. The van der Waals surface area contributed by atoms with Crippen molar-refractivity contribution in [2.75, 3.05) is 0 Å². The Balaban J connectivity index is 2.43. The van der Waals surface area contributed by atoms with Crippen LogP contribution in [-0.4, -0.2) is 11.1 Å². The van der Waals surface area contributed by atoms with Crippen LogP contribution in [-0.2, 0) is 4.28 Å². The summed E-state index contributed by atoms with van der Waals surface area (Å²) in [6, 6.07) is 0. The van der Waals surface area contributed by atoms with E-state index >= 15 is 0 Å². The molecule has 0 saturated heterocycles. The second-order valence-electron chi connectivity index (χ2n) is 1.35. The highest BCUT2D eigenvalue weighted by Crippen LogP contribution is 2.41. The average Bonchev–Trinajstić information content (AvgIpc) is 2.15. The Labute approximate surface area is 53.1 Å². The number of hydrogen-bond donors (Lipinski definition) is 0. The third-order valence-corrected chi connectivity index (χ3v) is 3.75. The lowest BCUT2D eigenvalue weighted by atomic mass is 10.5. The monoisotopic (exact) mass is 145 g/mol. The summed E-state index contributed by atoms with van der Waals surface area (Å²) in [7, 11) is 1.61. The van der Waals surface area contributed by atoms with E-state index in [1.54, 1.807) is 17.0 Å². The SMILES string of the molecule is C1=CC2=S(ON=C2)S1. The molecule has 2 nitrogen and oxygen atoms in total. The molecule has 4 heteroatoms. The van der Waals surface area contributed by atoms with Crippen molar-refractivity contribution in [2.24, 2.45) is 5.16 Å². The lowest BCUT2D eigenvalue weighted by molar-refractivity contribution is 0.417. The molecule has 42 valence electrons. The summed E-state index contributed by atoms with van der Waals surface area (Å²) < 4.78 is 4.94. The van der Waals surface area contributed by atoms with Crippen molar-refractivity contribution < 1.29 is 4.28 Å². The summed E-state index contributed by atoms with van der Waals surface area (Å²) in [5.74, 6) is 0. The van der Waals surface area contributed by atoms with E-state index in [0.29, 0.717) is 0 Å². The van der Waals surface area contributed by atoms with Crippen molar-refractivity contribution in [3.8, 4) is 0 Å². The fraction of sp³-hybridized carbons (Fsp3) is 0. The Hall–Kier alpha value is -0.220. The molecule has 0 saturated carbocycles. The van der Waals surface area contributed by atoms with Crippen molar-refractivity contribution in [3.05, 3.63) is 11.5 Å². The Morgan fingerprint density at radius 1 is 1.75 bits per heavy atom. The molecular formula is C4H3NOS2. The summed E-state index contributed by atoms with van der Waals surface area (Å²) in [6.07, 6.45) is 3.80. The van der Waals surface area contributed by atoms with Crippen molar-refractivity contribution >= 4 is 31.7 Å². The molecule has 0 aromatic carbocycles. The molecule has 0 aromatic rings. The van der Waals surface area contributed by atoms with Gasteiger partial charge in [0.15, 0.2) is 0 Å². The van der Waals surface area contributed by atoms with Gasteiger partial charge in [0, 0.05) is 0 Å². The zero-order valence-electron chi connectivity index (χ0n) is 3.90. The first kappa shape index (κ1) is 4.64. The second-order valence-corrected chi connectivity index (χ2v) is 4.39. The molecule has 0 radical (unpaired) electrons. The molecular weight excluding hydrogens is 142 g/mol. The minimum absolute atomic E-state index is 0.0679. The minimum atomic E-state index is -0.0679. The molecule has 2 heterocycles. The van der Waals surface area contributed by atoms with Gasteiger partial charge in [-0.1, -0.05) is 5.16 Å². The first-order chi connectivity index (χ1) is 3.97. The van der Waals surface area contributed by atoms with Crippen LogP contribution in [0.4, 0.5) is 0 Å². The first-order valence-electron chi connectivity index (χ1n) is 2.12. The highest BCUT2D eigenvalue weighted by Gasteiger charge is 2.12. The highest BCUT2D eigenvalue weighted by atomic mass is 33.1. The van der Waals surface area contributed by atoms with Crippen LogP contribution < -0.4 is 0 Å². The Bertz CT molecular complexity index is 186. The molecule has 1 atom stereocenters. The van der Waals surface area contributed by atoms with E-state index < -0.39 is 0 Å². The van der Waals surface area contributed by atoms with Crippen LogP contribution in [0.25, 0.3) is 0 Å². The van der Waals surface area contributed by atoms with Gasteiger partial charge in [0.25, 0.3) is 0 Å². The van der Waals surface area contributed by atoms with E-state index in [9.17, 15) is 0 Å². The molecule has 2 aliphatic heterocycles. The van der Waals surface area contributed by atoms with Gasteiger partial charge < -0.3 is 4.28 Å². The Kier molecular flexibility index (Phi) is 0.947. The lowest BCUT2D eigenvalue weighted by Gasteiger charge is -1.89. The quantitative estimate of drug-likeness (QED) is 0.381. The maximum Gasteiger partial charge on any atom is 0.0974 e. The summed E-state index contributed by atoms with van der Waals surface area (Å²) in [4.78, 5) is 1.20. The molecule has 0 spiro atoms. The van der Waals surface area contributed by atoms with Crippen molar-refractivity contribution in [1.29, 1.82) is 0 Å². The molecule has 2 aliphatic rings. The Morgan fingerprint density at radius 3 is 3.62 bits per heavy atom. The fourth-order valence-electron chi connectivity index (χ4n) is 0.516. The maximum absolute atomic E-state index is 4.94. The van der Waals surface area contributed by atoms with Crippen LogP contribution in [0.5, 0.6) is 0 Å². The van der Waals surface area contributed by atoms with Gasteiger partial charge in [-0.15, -0.1) is 0 Å². The van der Waals surface area contributed by atoms with Gasteiger partial charge >= 0.3 is 0 Å². The predicted octanol–water partition coefficient (Wildman–Crippen LogP) is 1.53. The van der Waals surface area contributed by atoms with E-state index in [4.69, 9.17) is 4.28 Å². The molecule has 0 fully saturated rings. The molecule has 0 bridgehead atoms. The third-order valence-electron chi connectivity index (χ3n) is 0.858. The normalized spacial score (nSPS) is 31.0. The van der Waals surface area contributed by atoms with E-state index in [1.807, 2.05) is 11.5 Å². The van der Waals surface area contributed by atoms with Crippen LogP contribution >= 0.6 is 20.6 Å². The zero-order chi connectivity index (χ0) is 5.40. The van der Waals surface area contributed by atoms with Gasteiger partial charge in [-0.25, -0.2) is 0 Å². The van der Waals surface area contributed by atoms with Crippen molar-refractivity contribution in [1.82, 2.24) is 0 Å². The standard InChI is InChI=1S/C4H3NOS2/c1-2-7-8-4(1)3-5-6-8/h1-3H. The predicted molar refractivity (Wildman–Crippen MR) is 38.9 cm³/mol. The largest absolute Gasteiger partial charge is 0.319 e. The molecule has 8 heavy (non-hydrogen) atoms. The van der Waals surface area contributed by atoms with Gasteiger partial charge in [0.1, 0.15) is 0 Å². The highest BCUT2D eigenvalue weighted by molar-refractivity contribution is 8.83. The summed E-state index contributed by atoms with van der Waals surface area (Å²) in [5, 5.41) is 5.68. The fourth-order valence-corrected chi connectivity index (χ4v) is 2.88. The molecule has 1 unspecified atom stereocenters. The van der Waals surface area contributed by atoms with E-state index in [0.717, 1.165) is 0 Å². The molecule has 0 N–H and O–H groups in total. The van der Waals surface area contributed by atoms with E-state index in [2.05, 4.69) is 5.16 Å². The molecule has 2 rings (SSSR count). The van der Waals surface area contributed by atoms with Gasteiger partial charge in [-0.3, -0.25) is 0 Å². The number of nitrogens with zero attached hydrogens (tertiary/aromatic N) is 1. The number of allylic oxidation sites excluding steroid dienone is 1. The smallest absolute Gasteiger partial charge is 0.0974 e.